The van der Waals surface area contributed by atoms with Gasteiger partial charge in [0.05, 0.1) is 12.8 Å². The standard InChI is InChI=1S/C20H20N2O3/c23-19(21-13-6-10-16-8-2-1-3-9-16)17-11-4-5-14-22(17)20(24)18-12-7-15-25-18/h1-3,7-9,12,15,17H,4-5,11,13-14H2,(H,21,23)/t17-/m0/s1. The summed E-state index contributed by atoms with van der Waals surface area (Å²) < 4.78 is 5.18. The van der Waals surface area contributed by atoms with E-state index >= 15 is 0 Å². The lowest BCUT2D eigenvalue weighted by molar-refractivity contribution is -0.126. The molecule has 2 amide bonds. The van der Waals surface area contributed by atoms with Gasteiger partial charge in [0.2, 0.25) is 5.91 Å². The Kier molecular flexibility index (Phi) is 5.53. The predicted molar refractivity (Wildman–Crippen MR) is 93.7 cm³/mol. The van der Waals surface area contributed by atoms with E-state index in [1.165, 1.54) is 6.26 Å². The molecule has 5 heteroatoms. The van der Waals surface area contributed by atoms with E-state index < -0.39 is 6.04 Å². The van der Waals surface area contributed by atoms with Gasteiger partial charge in [-0.2, -0.15) is 0 Å². The third-order valence-corrected chi connectivity index (χ3v) is 4.16. The maximum absolute atomic E-state index is 12.5. The average molecular weight is 336 g/mol. The van der Waals surface area contributed by atoms with E-state index in [1.54, 1.807) is 17.0 Å². The number of benzene rings is 1. The number of amides is 2. The summed E-state index contributed by atoms with van der Waals surface area (Å²) in [6, 6.07) is 12.4. The number of nitrogens with zero attached hydrogens (tertiary/aromatic N) is 1. The zero-order valence-corrected chi connectivity index (χ0v) is 13.9. The first-order valence-electron chi connectivity index (χ1n) is 8.42. The van der Waals surface area contributed by atoms with Crippen LogP contribution in [-0.4, -0.2) is 35.8 Å². The highest BCUT2D eigenvalue weighted by atomic mass is 16.3. The predicted octanol–water partition coefficient (Wildman–Crippen LogP) is 2.44. The van der Waals surface area contributed by atoms with Gasteiger partial charge < -0.3 is 14.6 Å². The van der Waals surface area contributed by atoms with Crippen LogP contribution in [0.1, 0.15) is 35.4 Å². The highest BCUT2D eigenvalue weighted by Gasteiger charge is 2.33. The summed E-state index contributed by atoms with van der Waals surface area (Å²) in [4.78, 5) is 26.6. The molecule has 5 nitrogen and oxygen atoms in total. The molecule has 0 aliphatic carbocycles. The molecule has 1 N–H and O–H groups in total. The second kappa shape index (κ2) is 8.20. The van der Waals surface area contributed by atoms with E-state index in [0.29, 0.717) is 13.0 Å². The number of furan rings is 1. The second-order valence-corrected chi connectivity index (χ2v) is 5.87. The average Bonchev–Trinajstić information content (AvgIpc) is 3.20. The van der Waals surface area contributed by atoms with Crippen molar-refractivity contribution in [2.75, 3.05) is 13.1 Å². The van der Waals surface area contributed by atoms with Crippen LogP contribution in [0.25, 0.3) is 0 Å². The molecule has 25 heavy (non-hydrogen) atoms. The number of piperidine rings is 1. The lowest BCUT2D eigenvalue weighted by Crippen LogP contribution is -2.51. The van der Waals surface area contributed by atoms with E-state index in [-0.39, 0.29) is 24.1 Å². The van der Waals surface area contributed by atoms with Crippen molar-refractivity contribution in [1.29, 1.82) is 0 Å². The topological polar surface area (TPSA) is 62.6 Å². The minimum atomic E-state index is -0.468. The summed E-state index contributed by atoms with van der Waals surface area (Å²) in [6.45, 7) is 0.820. The van der Waals surface area contributed by atoms with Gasteiger partial charge in [0.25, 0.3) is 5.91 Å². The fourth-order valence-electron chi connectivity index (χ4n) is 2.91. The van der Waals surface area contributed by atoms with Gasteiger partial charge in [-0.05, 0) is 43.5 Å². The van der Waals surface area contributed by atoms with Crippen LogP contribution < -0.4 is 5.32 Å². The number of carbonyl (C=O) groups is 2. The van der Waals surface area contributed by atoms with Gasteiger partial charge in [0, 0.05) is 12.1 Å². The molecule has 3 rings (SSSR count). The highest BCUT2D eigenvalue weighted by Crippen LogP contribution is 2.20. The Morgan fingerprint density at radius 1 is 1.16 bits per heavy atom. The molecule has 1 aliphatic heterocycles. The summed E-state index contributed by atoms with van der Waals surface area (Å²) >= 11 is 0. The molecule has 1 atom stereocenters. The molecule has 1 aromatic carbocycles. The number of nitrogens with one attached hydrogen (secondary N) is 1. The normalized spacial score (nSPS) is 16.6. The Bertz CT molecular complexity index is 772. The van der Waals surface area contributed by atoms with Crippen molar-refractivity contribution < 1.29 is 14.0 Å². The van der Waals surface area contributed by atoms with Gasteiger partial charge in [0.15, 0.2) is 5.76 Å². The molecule has 0 bridgehead atoms. The largest absolute Gasteiger partial charge is 0.459 e. The molecular formula is C20H20N2O3. The molecule has 0 radical (unpaired) electrons. The van der Waals surface area contributed by atoms with Crippen molar-refractivity contribution in [3.8, 4) is 11.8 Å². The summed E-state index contributed by atoms with van der Waals surface area (Å²) in [6.07, 6.45) is 3.94. The third kappa shape index (κ3) is 4.30. The zero-order chi connectivity index (χ0) is 17.5. The quantitative estimate of drug-likeness (QED) is 0.876. The van der Waals surface area contributed by atoms with Crippen molar-refractivity contribution in [1.82, 2.24) is 10.2 Å². The first kappa shape index (κ1) is 16.8. The van der Waals surface area contributed by atoms with E-state index in [4.69, 9.17) is 4.42 Å². The Balaban J connectivity index is 1.59. The molecule has 1 aromatic heterocycles. The van der Waals surface area contributed by atoms with Crippen molar-refractivity contribution in [2.24, 2.45) is 0 Å². The first-order valence-corrected chi connectivity index (χ1v) is 8.42. The van der Waals surface area contributed by atoms with Crippen LogP contribution in [0.2, 0.25) is 0 Å². The second-order valence-electron chi connectivity index (χ2n) is 5.87. The van der Waals surface area contributed by atoms with Gasteiger partial charge in [-0.3, -0.25) is 9.59 Å². The number of hydrogen-bond acceptors (Lipinski definition) is 3. The summed E-state index contributed by atoms with van der Waals surface area (Å²) in [5.74, 6) is 5.80. The van der Waals surface area contributed by atoms with Crippen LogP contribution in [0, 0.1) is 11.8 Å². The maximum atomic E-state index is 12.5. The van der Waals surface area contributed by atoms with E-state index in [9.17, 15) is 9.59 Å². The van der Waals surface area contributed by atoms with Crippen LogP contribution in [-0.2, 0) is 4.79 Å². The Labute approximate surface area is 147 Å². The minimum absolute atomic E-state index is 0.165. The molecular weight excluding hydrogens is 316 g/mol. The Morgan fingerprint density at radius 2 is 2.00 bits per heavy atom. The van der Waals surface area contributed by atoms with Gasteiger partial charge in [0.1, 0.15) is 6.04 Å². The smallest absolute Gasteiger partial charge is 0.290 e. The fourth-order valence-corrected chi connectivity index (χ4v) is 2.91. The zero-order valence-electron chi connectivity index (χ0n) is 13.9. The van der Waals surface area contributed by atoms with Crippen LogP contribution >= 0.6 is 0 Å². The number of hydrogen-bond donors (Lipinski definition) is 1. The van der Waals surface area contributed by atoms with Gasteiger partial charge in [-0.25, -0.2) is 0 Å². The fraction of sp³-hybridized carbons (Fsp3) is 0.300. The monoisotopic (exact) mass is 336 g/mol. The molecule has 1 fully saturated rings. The van der Waals surface area contributed by atoms with Crippen LogP contribution in [0.15, 0.2) is 53.1 Å². The van der Waals surface area contributed by atoms with E-state index in [2.05, 4.69) is 17.2 Å². The number of likely N-dealkylation sites (tertiary alicyclic amines) is 1. The minimum Gasteiger partial charge on any atom is -0.459 e. The van der Waals surface area contributed by atoms with Crippen molar-refractivity contribution in [2.45, 2.75) is 25.3 Å². The van der Waals surface area contributed by atoms with Crippen LogP contribution in [0.3, 0.4) is 0 Å². The Hall–Kier alpha value is -3.00. The molecule has 0 spiro atoms. The summed E-state index contributed by atoms with van der Waals surface area (Å²) in [5.41, 5.74) is 0.907. The summed E-state index contributed by atoms with van der Waals surface area (Å²) in [7, 11) is 0. The lowest BCUT2D eigenvalue weighted by Gasteiger charge is -2.33. The summed E-state index contributed by atoms with van der Waals surface area (Å²) in [5, 5.41) is 2.82. The van der Waals surface area contributed by atoms with Gasteiger partial charge >= 0.3 is 0 Å². The molecule has 128 valence electrons. The van der Waals surface area contributed by atoms with Crippen molar-refractivity contribution in [3.05, 3.63) is 60.1 Å². The number of carbonyl (C=O) groups excluding carboxylic acids is 2. The Morgan fingerprint density at radius 3 is 2.76 bits per heavy atom. The van der Waals surface area contributed by atoms with Crippen LogP contribution in [0.4, 0.5) is 0 Å². The highest BCUT2D eigenvalue weighted by molar-refractivity contribution is 5.95. The maximum Gasteiger partial charge on any atom is 0.290 e. The number of rotatable bonds is 3. The first-order chi connectivity index (χ1) is 12.3. The molecule has 0 unspecified atom stereocenters. The van der Waals surface area contributed by atoms with E-state index in [0.717, 1.165) is 18.4 Å². The lowest BCUT2D eigenvalue weighted by atomic mass is 10.0. The van der Waals surface area contributed by atoms with Crippen molar-refractivity contribution in [3.63, 3.8) is 0 Å². The van der Waals surface area contributed by atoms with Crippen LogP contribution in [0.5, 0.6) is 0 Å². The molecule has 0 saturated carbocycles. The van der Waals surface area contributed by atoms with E-state index in [1.807, 2.05) is 30.3 Å². The third-order valence-electron chi connectivity index (χ3n) is 4.16. The van der Waals surface area contributed by atoms with Gasteiger partial charge in [-0.15, -0.1) is 0 Å². The molecule has 2 aromatic rings. The molecule has 1 saturated heterocycles. The van der Waals surface area contributed by atoms with Crippen molar-refractivity contribution >= 4 is 11.8 Å². The molecule has 2 heterocycles. The SMILES string of the molecule is O=C(NCC#Cc1ccccc1)[C@@H]1CCCCN1C(=O)c1ccco1. The molecule has 1 aliphatic rings. The van der Waals surface area contributed by atoms with Gasteiger partial charge in [-0.1, -0.05) is 30.0 Å².